The lowest BCUT2D eigenvalue weighted by atomic mass is 10.1. The SMILES string of the molecule is Cc1cccc(/C=C/C(=O)N2CCOC2=O)c1. The van der Waals surface area contributed by atoms with Crippen molar-refractivity contribution >= 4 is 18.1 Å². The van der Waals surface area contributed by atoms with Gasteiger partial charge in [-0.2, -0.15) is 0 Å². The van der Waals surface area contributed by atoms with Crippen LogP contribution in [0.15, 0.2) is 30.3 Å². The van der Waals surface area contributed by atoms with Crippen molar-refractivity contribution in [1.29, 1.82) is 0 Å². The lowest BCUT2D eigenvalue weighted by Gasteiger charge is -2.06. The molecule has 0 saturated carbocycles. The van der Waals surface area contributed by atoms with Gasteiger partial charge in [-0.3, -0.25) is 4.79 Å². The predicted molar refractivity (Wildman–Crippen MR) is 63.3 cm³/mol. The van der Waals surface area contributed by atoms with Gasteiger partial charge in [0.2, 0.25) is 0 Å². The average molecular weight is 231 g/mol. The van der Waals surface area contributed by atoms with Gasteiger partial charge in [0.15, 0.2) is 0 Å². The molecule has 17 heavy (non-hydrogen) atoms. The quantitative estimate of drug-likeness (QED) is 0.731. The minimum atomic E-state index is -0.566. The highest BCUT2D eigenvalue weighted by Gasteiger charge is 2.26. The topological polar surface area (TPSA) is 46.6 Å². The van der Waals surface area contributed by atoms with Crippen LogP contribution in [0.5, 0.6) is 0 Å². The number of ether oxygens (including phenoxy) is 1. The van der Waals surface area contributed by atoms with Crippen LogP contribution in [0.4, 0.5) is 4.79 Å². The second-order valence-electron chi connectivity index (χ2n) is 3.85. The zero-order valence-electron chi connectivity index (χ0n) is 9.55. The molecule has 0 bridgehead atoms. The molecule has 4 nitrogen and oxygen atoms in total. The molecule has 1 heterocycles. The van der Waals surface area contributed by atoms with Crippen LogP contribution in [0.25, 0.3) is 6.08 Å². The van der Waals surface area contributed by atoms with Gasteiger partial charge in [0.1, 0.15) is 6.61 Å². The summed E-state index contributed by atoms with van der Waals surface area (Å²) in [6.07, 6.45) is 2.52. The first-order valence-corrected chi connectivity index (χ1v) is 5.40. The van der Waals surface area contributed by atoms with Crippen molar-refractivity contribution in [3.8, 4) is 0 Å². The zero-order valence-corrected chi connectivity index (χ0v) is 9.55. The minimum Gasteiger partial charge on any atom is -0.447 e. The van der Waals surface area contributed by atoms with E-state index in [1.807, 2.05) is 31.2 Å². The highest BCUT2D eigenvalue weighted by Crippen LogP contribution is 2.08. The van der Waals surface area contributed by atoms with Gasteiger partial charge in [0.05, 0.1) is 6.54 Å². The van der Waals surface area contributed by atoms with Crippen molar-refractivity contribution in [2.75, 3.05) is 13.2 Å². The molecule has 1 aromatic carbocycles. The van der Waals surface area contributed by atoms with Crippen LogP contribution in [0.1, 0.15) is 11.1 Å². The van der Waals surface area contributed by atoms with Gasteiger partial charge < -0.3 is 4.74 Å². The third kappa shape index (κ3) is 2.72. The number of carbonyl (C=O) groups is 2. The molecule has 0 atom stereocenters. The fourth-order valence-electron chi connectivity index (χ4n) is 1.62. The molecule has 2 amide bonds. The Bertz CT molecular complexity index is 479. The molecule has 1 aromatic rings. The number of cyclic esters (lactones) is 1. The van der Waals surface area contributed by atoms with Crippen molar-refractivity contribution in [3.63, 3.8) is 0 Å². The molecule has 0 radical (unpaired) electrons. The Kier molecular flexibility index (Phi) is 3.23. The normalized spacial score (nSPS) is 15.4. The number of amides is 2. The fourth-order valence-corrected chi connectivity index (χ4v) is 1.62. The number of hydrogen-bond donors (Lipinski definition) is 0. The molecule has 1 saturated heterocycles. The molecular weight excluding hydrogens is 218 g/mol. The number of hydrogen-bond acceptors (Lipinski definition) is 3. The number of benzene rings is 1. The van der Waals surface area contributed by atoms with E-state index >= 15 is 0 Å². The number of nitrogens with zero attached hydrogens (tertiary/aromatic N) is 1. The summed E-state index contributed by atoms with van der Waals surface area (Å²) in [5.41, 5.74) is 2.06. The monoisotopic (exact) mass is 231 g/mol. The standard InChI is InChI=1S/C13H13NO3/c1-10-3-2-4-11(9-10)5-6-12(15)14-7-8-17-13(14)16/h2-6,9H,7-8H2,1H3/b6-5+. The summed E-state index contributed by atoms with van der Waals surface area (Å²) in [6.45, 7) is 2.59. The van der Waals surface area contributed by atoms with E-state index in [9.17, 15) is 9.59 Å². The van der Waals surface area contributed by atoms with Crippen LogP contribution in [-0.4, -0.2) is 30.1 Å². The average Bonchev–Trinajstić information content (AvgIpc) is 2.72. The molecule has 0 aliphatic carbocycles. The molecular formula is C13H13NO3. The summed E-state index contributed by atoms with van der Waals surface area (Å²) in [7, 11) is 0. The van der Waals surface area contributed by atoms with Gasteiger partial charge in [0.25, 0.3) is 5.91 Å². The van der Waals surface area contributed by atoms with E-state index in [1.165, 1.54) is 6.08 Å². The Balaban J connectivity index is 2.05. The van der Waals surface area contributed by atoms with Crippen molar-refractivity contribution in [2.24, 2.45) is 0 Å². The van der Waals surface area contributed by atoms with Gasteiger partial charge >= 0.3 is 6.09 Å². The number of rotatable bonds is 2. The molecule has 1 aliphatic heterocycles. The number of carbonyl (C=O) groups excluding carboxylic acids is 2. The van der Waals surface area contributed by atoms with Crippen LogP contribution in [-0.2, 0) is 9.53 Å². The van der Waals surface area contributed by atoms with Gasteiger partial charge in [-0.1, -0.05) is 29.8 Å². The van der Waals surface area contributed by atoms with E-state index in [0.717, 1.165) is 16.0 Å². The first-order valence-electron chi connectivity index (χ1n) is 5.40. The van der Waals surface area contributed by atoms with Crippen LogP contribution < -0.4 is 0 Å². The lowest BCUT2D eigenvalue weighted by molar-refractivity contribution is -0.122. The third-order valence-electron chi connectivity index (χ3n) is 2.49. The van der Waals surface area contributed by atoms with E-state index in [4.69, 9.17) is 4.74 Å². The summed E-state index contributed by atoms with van der Waals surface area (Å²) in [5.74, 6) is -0.339. The fraction of sp³-hybridized carbons (Fsp3) is 0.231. The zero-order chi connectivity index (χ0) is 12.3. The molecule has 0 unspecified atom stereocenters. The molecule has 1 aliphatic rings. The molecule has 0 N–H and O–H groups in total. The molecule has 0 aromatic heterocycles. The molecule has 1 fully saturated rings. The van der Waals surface area contributed by atoms with E-state index in [0.29, 0.717) is 6.54 Å². The Labute approximate surface area is 99.5 Å². The second kappa shape index (κ2) is 4.82. The second-order valence-corrected chi connectivity index (χ2v) is 3.85. The van der Waals surface area contributed by atoms with Crippen molar-refractivity contribution in [3.05, 3.63) is 41.5 Å². The van der Waals surface area contributed by atoms with E-state index in [-0.39, 0.29) is 12.5 Å². The van der Waals surface area contributed by atoms with Crippen LogP contribution in [0.2, 0.25) is 0 Å². The molecule has 88 valence electrons. The highest BCUT2D eigenvalue weighted by atomic mass is 16.6. The first kappa shape index (κ1) is 11.4. The van der Waals surface area contributed by atoms with Crippen molar-refractivity contribution in [2.45, 2.75) is 6.92 Å². The largest absolute Gasteiger partial charge is 0.447 e. The Morgan fingerprint density at radius 1 is 1.47 bits per heavy atom. The van der Waals surface area contributed by atoms with Crippen molar-refractivity contribution in [1.82, 2.24) is 4.90 Å². The number of imide groups is 1. The predicted octanol–water partition coefficient (Wildman–Crippen LogP) is 1.99. The van der Waals surface area contributed by atoms with Crippen LogP contribution >= 0.6 is 0 Å². The highest BCUT2D eigenvalue weighted by molar-refractivity contribution is 6.01. The Hall–Kier alpha value is -2.10. The van der Waals surface area contributed by atoms with Gasteiger partial charge in [-0.15, -0.1) is 0 Å². The van der Waals surface area contributed by atoms with Gasteiger partial charge in [0, 0.05) is 6.08 Å². The molecule has 2 rings (SSSR count). The summed E-state index contributed by atoms with van der Waals surface area (Å²) in [5, 5.41) is 0. The summed E-state index contributed by atoms with van der Waals surface area (Å²) in [4.78, 5) is 23.9. The van der Waals surface area contributed by atoms with Crippen molar-refractivity contribution < 1.29 is 14.3 Å². The Morgan fingerprint density at radius 2 is 2.29 bits per heavy atom. The summed E-state index contributed by atoms with van der Waals surface area (Å²) < 4.78 is 4.69. The van der Waals surface area contributed by atoms with E-state index < -0.39 is 6.09 Å². The smallest absolute Gasteiger partial charge is 0.416 e. The van der Waals surface area contributed by atoms with Gasteiger partial charge in [-0.25, -0.2) is 9.69 Å². The van der Waals surface area contributed by atoms with Gasteiger partial charge in [-0.05, 0) is 18.6 Å². The van der Waals surface area contributed by atoms with Crippen LogP contribution in [0.3, 0.4) is 0 Å². The lowest BCUT2D eigenvalue weighted by Crippen LogP contribution is -2.29. The summed E-state index contributed by atoms with van der Waals surface area (Å²) >= 11 is 0. The van der Waals surface area contributed by atoms with E-state index in [2.05, 4.69) is 0 Å². The van der Waals surface area contributed by atoms with Crippen LogP contribution in [0, 0.1) is 6.92 Å². The third-order valence-corrected chi connectivity index (χ3v) is 2.49. The molecule has 4 heteroatoms. The maximum atomic E-state index is 11.7. The maximum absolute atomic E-state index is 11.7. The molecule has 0 spiro atoms. The summed E-state index contributed by atoms with van der Waals surface area (Å²) in [6, 6.07) is 7.77. The minimum absolute atomic E-state index is 0.281. The van der Waals surface area contributed by atoms with E-state index in [1.54, 1.807) is 6.08 Å². The Morgan fingerprint density at radius 3 is 2.94 bits per heavy atom. The number of aryl methyl sites for hydroxylation is 1. The first-order chi connectivity index (χ1) is 8.16. The maximum Gasteiger partial charge on any atom is 0.416 e.